The lowest BCUT2D eigenvalue weighted by Gasteiger charge is -2.24. The number of hydrogen-bond acceptors (Lipinski definition) is 4. The topological polar surface area (TPSA) is 111 Å². The monoisotopic (exact) mass is 242 g/mol. The Hall–Kier alpha value is -1.63. The second kappa shape index (κ2) is 5.13. The van der Waals surface area contributed by atoms with Crippen molar-refractivity contribution in [1.29, 1.82) is 0 Å². The van der Waals surface area contributed by atoms with E-state index >= 15 is 0 Å². The molecule has 4 N–H and O–H groups in total. The lowest BCUT2D eigenvalue weighted by atomic mass is 9.88. The molecule has 17 heavy (non-hydrogen) atoms. The van der Waals surface area contributed by atoms with Gasteiger partial charge in [-0.05, 0) is 11.8 Å². The molecule has 7 heteroatoms. The average molecular weight is 242 g/mol. The van der Waals surface area contributed by atoms with Gasteiger partial charge in [-0.1, -0.05) is 20.8 Å². The van der Waals surface area contributed by atoms with E-state index in [1.807, 2.05) is 20.8 Å². The normalized spacial score (nSPS) is 13.4. The molecule has 0 fully saturated rings. The van der Waals surface area contributed by atoms with Gasteiger partial charge in [-0.3, -0.25) is 9.78 Å². The van der Waals surface area contributed by atoms with Crippen molar-refractivity contribution in [2.24, 2.45) is 5.41 Å². The number of carbonyl (C=O) groups excluding carboxylic acids is 1. The number of aliphatic hydroxyl groups excluding tert-OH is 1. The van der Waals surface area contributed by atoms with Gasteiger partial charge in [0.05, 0.1) is 12.6 Å². The Labute approximate surface area is 98.6 Å². The van der Waals surface area contributed by atoms with E-state index in [-0.39, 0.29) is 23.9 Å². The number of hydrogen-bond donors (Lipinski definition) is 4. The molecule has 0 radical (unpaired) electrons. The molecule has 0 aliphatic rings. The fourth-order valence-electron chi connectivity index (χ4n) is 1.53. The lowest BCUT2D eigenvalue weighted by Crippen LogP contribution is -2.40. The maximum Gasteiger partial charge on any atom is 0.341 e. The summed E-state index contributed by atoms with van der Waals surface area (Å²) in [5.74, 6) is -0.589. The molecule has 1 atom stereocenters. The van der Waals surface area contributed by atoms with Gasteiger partial charge in [0.2, 0.25) is 5.82 Å². The van der Waals surface area contributed by atoms with E-state index in [4.69, 9.17) is 0 Å². The average Bonchev–Trinajstić information content (AvgIpc) is 2.61. The van der Waals surface area contributed by atoms with E-state index < -0.39 is 11.6 Å². The highest BCUT2D eigenvalue weighted by Gasteiger charge is 2.21. The molecule has 0 aliphatic carbocycles. The maximum absolute atomic E-state index is 11.6. The zero-order valence-electron chi connectivity index (χ0n) is 10.2. The number of nitrogens with one attached hydrogen (secondary N) is 3. The quantitative estimate of drug-likeness (QED) is 0.577. The lowest BCUT2D eigenvalue weighted by molar-refractivity contribution is 0.0887. The molecule has 1 aromatic heterocycles. The van der Waals surface area contributed by atoms with Gasteiger partial charge in [-0.25, -0.2) is 9.89 Å². The number of aliphatic hydroxyl groups is 1. The van der Waals surface area contributed by atoms with E-state index in [1.54, 1.807) is 0 Å². The summed E-state index contributed by atoms with van der Waals surface area (Å²) in [6, 6.07) is -0.359. The van der Waals surface area contributed by atoms with Crippen LogP contribution in [0.15, 0.2) is 4.79 Å². The van der Waals surface area contributed by atoms with Gasteiger partial charge in [-0.2, -0.15) is 0 Å². The maximum atomic E-state index is 11.6. The molecule has 1 unspecified atom stereocenters. The van der Waals surface area contributed by atoms with Crippen LogP contribution in [0.4, 0.5) is 0 Å². The van der Waals surface area contributed by atoms with E-state index in [1.165, 1.54) is 0 Å². The van der Waals surface area contributed by atoms with Gasteiger partial charge in [-0.15, -0.1) is 5.10 Å². The summed E-state index contributed by atoms with van der Waals surface area (Å²) < 4.78 is 0. The SMILES string of the molecule is CC(C)(C)CC(CO)NC(=O)c1n[nH]c(=O)[nH]1. The number of H-pyrrole nitrogens is 2. The van der Waals surface area contributed by atoms with Gasteiger partial charge in [0.1, 0.15) is 0 Å². The Bertz CT molecular complexity index is 429. The second-order valence-corrected chi connectivity index (χ2v) is 5.14. The summed E-state index contributed by atoms with van der Waals surface area (Å²) in [6.45, 7) is 5.88. The number of carbonyl (C=O) groups is 1. The van der Waals surface area contributed by atoms with Gasteiger partial charge in [0.15, 0.2) is 0 Å². The highest BCUT2D eigenvalue weighted by atomic mass is 16.3. The minimum atomic E-state index is -0.536. The third kappa shape index (κ3) is 4.39. The predicted octanol–water partition coefficient (Wildman–Crippen LogP) is -0.375. The van der Waals surface area contributed by atoms with Crippen LogP contribution in [-0.2, 0) is 0 Å². The minimum Gasteiger partial charge on any atom is -0.394 e. The Balaban J connectivity index is 2.63. The molecular weight excluding hydrogens is 224 g/mol. The summed E-state index contributed by atoms with van der Waals surface area (Å²) in [5.41, 5.74) is -0.550. The standard InChI is InChI=1S/C10H18N4O3/c1-10(2,3)4-6(5-15)11-8(16)7-12-9(17)14-13-7/h6,15H,4-5H2,1-3H3,(H,11,16)(H2,12,13,14,17). The van der Waals surface area contributed by atoms with E-state index in [2.05, 4.69) is 20.5 Å². The molecule has 1 aromatic rings. The first-order valence-corrected chi connectivity index (χ1v) is 5.38. The summed E-state index contributed by atoms with van der Waals surface area (Å²) in [4.78, 5) is 24.7. The number of aromatic nitrogens is 3. The van der Waals surface area contributed by atoms with E-state index in [9.17, 15) is 14.7 Å². The molecule has 0 aliphatic heterocycles. The highest BCUT2D eigenvalue weighted by molar-refractivity contribution is 5.90. The zero-order valence-corrected chi connectivity index (χ0v) is 10.2. The third-order valence-corrected chi connectivity index (χ3v) is 2.13. The fraction of sp³-hybridized carbons (Fsp3) is 0.700. The predicted molar refractivity (Wildman–Crippen MR) is 61.6 cm³/mol. The molecule has 0 aromatic carbocycles. The van der Waals surface area contributed by atoms with Crippen molar-refractivity contribution in [3.63, 3.8) is 0 Å². The largest absolute Gasteiger partial charge is 0.394 e. The molecule has 7 nitrogen and oxygen atoms in total. The van der Waals surface area contributed by atoms with Crippen molar-refractivity contribution < 1.29 is 9.90 Å². The van der Waals surface area contributed by atoms with Crippen LogP contribution in [0.25, 0.3) is 0 Å². The zero-order chi connectivity index (χ0) is 13.1. The Morgan fingerprint density at radius 3 is 2.59 bits per heavy atom. The Morgan fingerprint density at radius 1 is 1.53 bits per heavy atom. The van der Waals surface area contributed by atoms with Crippen LogP contribution in [0, 0.1) is 5.41 Å². The van der Waals surface area contributed by atoms with Crippen molar-refractivity contribution in [2.75, 3.05) is 6.61 Å². The van der Waals surface area contributed by atoms with Crippen molar-refractivity contribution >= 4 is 5.91 Å². The molecular formula is C10H18N4O3. The summed E-state index contributed by atoms with van der Waals surface area (Å²) >= 11 is 0. The Kier molecular flexibility index (Phi) is 4.06. The van der Waals surface area contributed by atoms with Gasteiger partial charge in [0.25, 0.3) is 5.91 Å². The van der Waals surface area contributed by atoms with E-state index in [0.717, 1.165) is 0 Å². The van der Waals surface area contributed by atoms with Crippen molar-refractivity contribution in [3.8, 4) is 0 Å². The summed E-state index contributed by atoms with van der Waals surface area (Å²) in [5, 5.41) is 17.4. The minimum absolute atomic E-state index is 0.0142. The van der Waals surface area contributed by atoms with Crippen LogP contribution < -0.4 is 11.0 Å². The molecule has 0 bridgehead atoms. The van der Waals surface area contributed by atoms with Crippen LogP contribution in [0.1, 0.15) is 37.8 Å². The smallest absolute Gasteiger partial charge is 0.341 e. The first-order chi connectivity index (χ1) is 7.81. The van der Waals surface area contributed by atoms with Crippen molar-refractivity contribution in [2.45, 2.75) is 33.2 Å². The van der Waals surface area contributed by atoms with Crippen LogP contribution in [0.5, 0.6) is 0 Å². The first-order valence-electron chi connectivity index (χ1n) is 5.38. The first kappa shape index (κ1) is 13.4. The second-order valence-electron chi connectivity index (χ2n) is 5.14. The van der Waals surface area contributed by atoms with Gasteiger partial charge < -0.3 is 10.4 Å². The number of aromatic amines is 2. The van der Waals surface area contributed by atoms with Crippen LogP contribution >= 0.6 is 0 Å². The Morgan fingerprint density at radius 2 is 2.18 bits per heavy atom. The van der Waals surface area contributed by atoms with Gasteiger partial charge in [0, 0.05) is 0 Å². The molecule has 1 amide bonds. The molecule has 96 valence electrons. The van der Waals surface area contributed by atoms with Gasteiger partial charge >= 0.3 is 5.69 Å². The van der Waals surface area contributed by atoms with Crippen LogP contribution in [0.2, 0.25) is 0 Å². The molecule has 1 rings (SSSR count). The molecule has 0 saturated heterocycles. The number of rotatable bonds is 4. The molecule has 0 spiro atoms. The highest BCUT2D eigenvalue weighted by Crippen LogP contribution is 2.20. The summed E-state index contributed by atoms with van der Waals surface area (Å²) in [7, 11) is 0. The third-order valence-electron chi connectivity index (χ3n) is 2.13. The van der Waals surface area contributed by atoms with Crippen LogP contribution in [-0.4, -0.2) is 38.8 Å². The molecule has 1 heterocycles. The van der Waals surface area contributed by atoms with Crippen molar-refractivity contribution in [3.05, 3.63) is 16.3 Å². The fourth-order valence-corrected chi connectivity index (χ4v) is 1.53. The molecule has 0 saturated carbocycles. The summed E-state index contributed by atoms with van der Waals surface area (Å²) in [6.07, 6.45) is 0.629. The number of nitrogens with zero attached hydrogens (tertiary/aromatic N) is 1. The van der Waals surface area contributed by atoms with E-state index in [0.29, 0.717) is 6.42 Å². The van der Waals surface area contributed by atoms with Crippen molar-refractivity contribution in [1.82, 2.24) is 20.5 Å². The number of amides is 1. The van der Waals surface area contributed by atoms with Crippen LogP contribution in [0.3, 0.4) is 0 Å².